The number of halogens is 7. The second kappa shape index (κ2) is 13.3. The summed E-state index contributed by atoms with van der Waals surface area (Å²) in [6.45, 7) is 0.771. The molecular weight excluding hydrogens is 526 g/mol. The first-order valence-electron chi connectivity index (χ1n) is 9.36. The molecule has 196 valence electrons. The largest absolute Gasteiger partial charge is 0.490 e. The number of aromatic nitrogens is 2. The van der Waals surface area contributed by atoms with E-state index in [9.17, 15) is 26.3 Å². The van der Waals surface area contributed by atoms with Gasteiger partial charge in [-0.2, -0.15) is 26.3 Å². The number of aliphatic carboxylic acids is 2. The lowest BCUT2D eigenvalue weighted by Gasteiger charge is -2.05. The highest BCUT2D eigenvalue weighted by atomic mass is 35.5. The summed E-state index contributed by atoms with van der Waals surface area (Å²) in [5.41, 5.74) is 8.84. The molecule has 0 atom stereocenters. The molecule has 3 rings (SSSR count). The molecule has 3 aromatic rings. The molecule has 16 heteroatoms. The second-order valence-corrected chi connectivity index (χ2v) is 6.76. The number of oxime groups is 1. The number of carboxylic acid groups (broad SMARTS) is 2. The van der Waals surface area contributed by atoms with Crippen molar-refractivity contribution in [3.8, 4) is 0 Å². The van der Waals surface area contributed by atoms with Crippen LogP contribution in [0.1, 0.15) is 11.3 Å². The first kappa shape index (κ1) is 30.2. The summed E-state index contributed by atoms with van der Waals surface area (Å²) >= 11 is 5.95. The van der Waals surface area contributed by atoms with Crippen LogP contribution in [0.25, 0.3) is 10.9 Å². The Bertz CT molecular complexity index is 1120. The van der Waals surface area contributed by atoms with E-state index in [1.54, 1.807) is 12.4 Å². The van der Waals surface area contributed by atoms with Crippen LogP contribution in [0.4, 0.5) is 26.3 Å². The maximum Gasteiger partial charge on any atom is 0.490 e. The van der Waals surface area contributed by atoms with Crippen molar-refractivity contribution < 1.29 is 51.0 Å². The van der Waals surface area contributed by atoms with Crippen LogP contribution in [0.3, 0.4) is 0 Å². The zero-order valence-corrected chi connectivity index (χ0v) is 18.5. The highest BCUT2D eigenvalue weighted by Crippen LogP contribution is 2.19. The van der Waals surface area contributed by atoms with E-state index in [2.05, 4.69) is 15.1 Å². The SMILES string of the molecule is NCCON=C(c1ccc(Cl)cc1)c1cc2ccncc2[nH]1.O=C(O)C(F)(F)F.O=C(O)C(F)(F)F. The molecule has 0 aliphatic heterocycles. The quantitative estimate of drug-likeness (QED) is 0.163. The number of aromatic amines is 1. The van der Waals surface area contributed by atoms with Gasteiger partial charge in [0.25, 0.3) is 0 Å². The van der Waals surface area contributed by atoms with Crippen LogP contribution in [0, 0.1) is 0 Å². The summed E-state index contributed by atoms with van der Waals surface area (Å²) in [6.07, 6.45) is -6.64. The Morgan fingerprint density at radius 2 is 1.56 bits per heavy atom. The highest BCUT2D eigenvalue weighted by molar-refractivity contribution is 6.30. The monoisotopic (exact) mass is 542 g/mol. The van der Waals surface area contributed by atoms with Gasteiger partial charge in [0.15, 0.2) is 0 Å². The lowest BCUT2D eigenvalue weighted by molar-refractivity contribution is -0.193. The van der Waals surface area contributed by atoms with Gasteiger partial charge >= 0.3 is 24.3 Å². The fraction of sp³-hybridized carbons (Fsp3) is 0.200. The number of rotatable bonds is 5. The predicted octanol–water partition coefficient (Wildman–Crippen LogP) is 4.21. The lowest BCUT2D eigenvalue weighted by atomic mass is 10.1. The van der Waals surface area contributed by atoms with Gasteiger partial charge in [-0.25, -0.2) is 9.59 Å². The van der Waals surface area contributed by atoms with E-state index >= 15 is 0 Å². The summed E-state index contributed by atoms with van der Waals surface area (Å²) in [5, 5.41) is 20.2. The summed E-state index contributed by atoms with van der Waals surface area (Å²) in [6, 6.07) is 11.4. The first-order chi connectivity index (χ1) is 16.7. The number of benzene rings is 1. The summed E-state index contributed by atoms with van der Waals surface area (Å²) < 4.78 is 63.5. The number of H-pyrrole nitrogens is 1. The number of alkyl halides is 6. The smallest absolute Gasteiger partial charge is 0.475 e. The van der Waals surface area contributed by atoms with E-state index in [1.165, 1.54) is 0 Å². The Labute approximate surface area is 203 Å². The van der Waals surface area contributed by atoms with Crippen LogP contribution < -0.4 is 5.73 Å². The van der Waals surface area contributed by atoms with Crippen molar-refractivity contribution in [1.29, 1.82) is 0 Å². The van der Waals surface area contributed by atoms with Crippen LogP contribution in [0.15, 0.2) is 53.9 Å². The fourth-order valence-electron chi connectivity index (χ4n) is 2.13. The van der Waals surface area contributed by atoms with Gasteiger partial charge < -0.3 is 25.8 Å². The molecule has 0 aliphatic carbocycles. The van der Waals surface area contributed by atoms with Crippen LogP contribution in [-0.2, 0) is 14.4 Å². The molecule has 0 unspecified atom stereocenters. The van der Waals surface area contributed by atoms with Gasteiger partial charge in [0.05, 0.1) is 17.4 Å². The molecule has 9 nitrogen and oxygen atoms in total. The van der Waals surface area contributed by atoms with E-state index in [1.807, 2.05) is 36.4 Å². The van der Waals surface area contributed by atoms with Gasteiger partial charge in [-0.05, 0) is 24.3 Å². The summed E-state index contributed by atoms with van der Waals surface area (Å²) in [7, 11) is 0. The van der Waals surface area contributed by atoms with Crippen molar-refractivity contribution >= 4 is 40.2 Å². The number of pyridine rings is 1. The molecule has 5 N–H and O–H groups in total. The Morgan fingerprint density at radius 3 is 2.00 bits per heavy atom. The van der Waals surface area contributed by atoms with Crippen LogP contribution >= 0.6 is 11.6 Å². The minimum Gasteiger partial charge on any atom is -0.475 e. The van der Waals surface area contributed by atoms with Crippen LogP contribution in [0.5, 0.6) is 0 Å². The average Bonchev–Trinajstić information content (AvgIpc) is 3.21. The number of carbonyl (C=O) groups is 2. The fourth-order valence-corrected chi connectivity index (χ4v) is 2.25. The molecular formula is C20H17ClF6N4O5. The Balaban J connectivity index is 0.000000383. The zero-order chi connectivity index (χ0) is 27.5. The first-order valence-corrected chi connectivity index (χ1v) is 9.74. The molecule has 0 saturated heterocycles. The molecule has 0 spiro atoms. The van der Waals surface area contributed by atoms with Gasteiger partial charge in [-0.15, -0.1) is 0 Å². The third-order valence-corrected chi connectivity index (χ3v) is 3.90. The zero-order valence-electron chi connectivity index (χ0n) is 17.8. The highest BCUT2D eigenvalue weighted by Gasteiger charge is 2.38. The molecule has 0 radical (unpaired) electrons. The number of carboxylic acids is 2. The van der Waals surface area contributed by atoms with Crippen molar-refractivity contribution in [1.82, 2.24) is 9.97 Å². The third-order valence-electron chi connectivity index (χ3n) is 3.65. The summed E-state index contributed by atoms with van der Waals surface area (Å²) in [5.74, 6) is -5.51. The number of hydrogen-bond donors (Lipinski definition) is 4. The number of nitrogens with zero attached hydrogens (tertiary/aromatic N) is 2. The molecule has 2 aromatic heterocycles. The predicted molar refractivity (Wildman–Crippen MR) is 116 cm³/mol. The molecule has 0 aliphatic rings. The van der Waals surface area contributed by atoms with E-state index in [0.717, 1.165) is 22.2 Å². The van der Waals surface area contributed by atoms with Gasteiger partial charge in [0, 0.05) is 28.7 Å². The average molecular weight is 543 g/mol. The van der Waals surface area contributed by atoms with Crippen molar-refractivity contribution in [2.45, 2.75) is 12.4 Å². The molecule has 1 aromatic carbocycles. The molecule has 0 saturated carbocycles. The van der Waals surface area contributed by atoms with Gasteiger partial charge in [-0.1, -0.05) is 28.9 Å². The van der Waals surface area contributed by atoms with Gasteiger partial charge in [0.2, 0.25) is 0 Å². The van der Waals surface area contributed by atoms with E-state index in [4.69, 9.17) is 42.0 Å². The van der Waals surface area contributed by atoms with E-state index in [-0.39, 0.29) is 0 Å². The summed E-state index contributed by atoms with van der Waals surface area (Å²) in [4.78, 5) is 30.5. The topological polar surface area (TPSA) is 151 Å². The van der Waals surface area contributed by atoms with Crippen LogP contribution in [0.2, 0.25) is 5.02 Å². The lowest BCUT2D eigenvalue weighted by Crippen LogP contribution is -2.21. The number of hydrogen-bond acceptors (Lipinski definition) is 6. The number of nitrogens with one attached hydrogen (secondary N) is 1. The van der Waals surface area contributed by atoms with Crippen molar-refractivity contribution in [2.24, 2.45) is 10.9 Å². The number of nitrogens with two attached hydrogens (primary N) is 1. The normalized spacial score (nSPS) is 11.6. The minimum absolute atomic E-state index is 0.360. The van der Waals surface area contributed by atoms with Crippen molar-refractivity contribution in [3.63, 3.8) is 0 Å². The maximum absolute atomic E-state index is 10.6. The Hall–Kier alpha value is -3.85. The van der Waals surface area contributed by atoms with Gasteiger partial charge in [0.1, 0.15) is 12.3 Å². The maximum atomic E-state index is 10.6. The van der Waals surface area contributed by atoms with Crippen molar-refractivity contribution in [2.75, 3.05) is 13.2 Å². The van der Waals surface area contributed by atoms with Crippen molar-refractivity contribution in [3.05, 3.63) is 65.1 Å². The molecule has 2 heterocycles. The standard InChI is InChI=1S/C16H15ClN4O.2C2HF3O2/c17-13-3-1-11(2-4-13)16(21-22-8-6-18)14-9-12-5-7-19-10-15(12)20-14;2*3-2(4,5)1(6)7/h1-5,7,9-10,20H,6,8,18H2;2*(H,6,7). The molecule has 36 heavy (non-hydrogen) atoms. The van der Waals surface area contributed by atoms with Gasteiger partial charge in [-0.3, -0.25) is 4.98 Å². The Kier molecular flexibility index (Phi) is 11.1. The van der Waals surface area contributed by atoms with E-state index < -0.39 is 24.3 Å². The molecule has 0 fully saturated rings. The minimum atomic E-state index is -5.08. The third kappa shape index (κ3) is 10.2. The Morgan fingerprint density at radius 1 is 1.03 bits per heavy atom. The molecule has 0 bridgehead atoms. The van der Waals surface area contributed by atoms with E-state index in [0.29, 0.717) is 23.9 Å². The van der Waals surface area contributed by atoms with Crippen LogP contribution in [-0.4, -0.2) is 63.3 Å². The molecule has 0 amide bonds. The second-order valence-electron chi connectivity index (χ2n) is 6.32. The number of fused-ring (bicyclic) bond motifs is 1.